The van der Waals surface area contributed by atoms with Gasteiger partial charge in [-0.3, -0.25) is 19.8 Å². The molecule has 0 radical (unpaired) electrons. The van der Waals surface area contributed by atoms with Crippen molar-refractivity contribution in [3.8, 4) is 0 Å². The molecule has 218 valence electrons. The van der Waals surface area contributed by atoms with Crippen molar-refractivity contribution >= 4 is 23.0 Å². The first-order valence-electron chi connectivity index (χ1n) is 13.7. The van der Waals surface area contributed by atoms with E-state index >= 15 is 0 Å². The van der Waals surface area contributed by atoms with Crippen LogP contribution in [-0.4, -0.2) is 72.5 Å². The summed E-state index contributed by atoms with van der Waals surface area (Å²) in [5.41, 5.74) is 0.518. The molecule has 0 aliphatic carbocycles. The minimum absolute atomic E-state index is 0.0316. The fourth-order valence-corrected chi connectivity index (χ4v) is 5.46. The van der Waals surface area contributed by atoms with Crippen LogP contribution in [0.5, 0.6) is 0 Å². The van der Waals surface area contributed by atoms with Gasteiger partial charge in [-0.15, -0.1) is 0 Å². The van der Waals surface area contributed by atoms with E-state index in [1.165, 1.54) is 17.3 Å². The molecule has 2 aromatic rings. The van der Waals surface area contributed by atoms with E-state index in [1.807, 2.05) is 6.92 Å². The van der Waals surface area contributed by atoms with Crippen molar-refractivity contribution in [3.63, 3.8) is 0 Å². The molecule has 8 nitrogen and oxygen atoms in total. The highest BCUT2D eigenvalue weighted by Gasteiger charge is 2.39. The number of anilines is 2. The van der Waals surface area contributed by atoms with Gasteiger partial charge in [0, 0.05) is 75.2 Å². The Morgan fingerprint density at radius 2 is 1.70 bits per heavy atom. The van der Waals surface area contributed by atoms with Crippen LogP contribution in [0.15, 0.2) is 42.5 Å². The summed E-state index contributed by atoms with van der Waals surface area (Å²) in [6.45, 7) is 13.6. The van der Waals surface area contributed by atoms with Crippen LogP contribution in [0.3, 0.4) is 0 Å². The molecule has 1 N–H and O–H groups in total. The number of carbonyl (C=O) groups excluding carboxylic acids is 1. The van der Waals surface area contributed by atoms with Crippen LogP contribution >= 0.6 is 0 Å². The summed E-state index contributed by atoms with van der Waals surface area (Å²) in [4.78, 5) is 29.6. The molecular weight excluding hydrogens is 523 g/mol. The monoisotopic (exact) mass is 561 g/mol. The molecule has 0 saturated carbocycles. The van der Waals surface area contributed by atoms with Crippen LogP contribution < -0.4 is 10.2 Å². The number of amides is 1. The molecule has 4 rings (SSSR count). The number of nitrogens with one attached hydrogen (secondary N) is 1. The lowest BCUT2D eigenvalue weighted by molar-refractivity contribution is -0.388. The highest BCUT2D eigenvalue weighted by molar-refractivity contribution is 5.79. The Bertz CT molecular complexity index is 1200. The van der Waals surface area contributed by atoms with Gasteiger partial charge in [-0.05, 0) is 41.7 Å². The third-order valence-corrected chi connectivity index (χ3v) is 7.79. The third kappa shape index (κ3) is 7.04. The van der Waals surface area contributed by atoms with Crippen LogP contribution in [0.2, 0.25) is 0 Å². The van der Waals surface area contributed by atoms with Crippen molar-refractivity contribution in [3.05, 3.63) is 63.7 Å². The van der Waals surface area contributed by atoms with Crippen molar-refractivity contribution in [1.82, 2.24) is 9.80 Å². The molecule has 0 aromatic heterocycles. The number of halogens is 3. The Hall–Kier alpha value is -3.34. The third-order valence-electron chi connectivity index (χ3n) is 7.79. The summed E-state index contributed by atoms with van der Waals surface area (Å²) in [5.74, 6) is -0.170. The minimum Gasteiger partial charge on any atom is -0.380 e. The number of rotatable bonds is 7. The number of nitro groups is 1. The first kappa shape index (κ1) is 29.6. The van der Waals surface area contributed by atoms with Gasteiger partial charge in [0.15, 0.2) is 0 Å². The van der Waals surface area contributed by atoms with Crippen LogP contribution in [0.25, 0.3) is 0 Å². The van der Waals surface area contributed by atoms with E-state index in [9.17, 15) is 28.1 Å². The second-order valence-corrected chi connectivity index (χ2v) is 11.9. The molecule has 2 aliphatic rings. The van der Waals surface area contributed by atoms with Crippen molar-refractivity contribution in [2.45, 2.75) is 51.7 Å². The lowest BCUT2D eigenvalue weighted by Gasteiger charge is -2.37. The first-order chi connectivity index (χ1) is 18.7. The van der Waals surface area contributed by atoms with Gasteiger partial charge in [0.05, 0.1) is 4.92 Å². The van der Waals surface area contributed by atoms with Gasteiger partial charge in [0.2, 0.25) is 5.91 Å². The first-order valence-corrected chi connectivity index (χ1v) is 13.7. The zero-order valence-corrected chi connectivity index (χ0v) is 23.5. The molecule has 1 unspecified atom stereocenters. The molecule has 2 aliphatic heterocycles. The van der Waals surface area contributed by atoms with E-state index in [4.69, 9.17) is 0 Å². The Balaban J connectivity index is 1.26. The maximum Gasteiger partial charge on any atom is 0.423 e. The van der Waals surface area contributed by atoms with E-state index in [2.05, 4.69) is 60.2 Å². The fraction of sp³-hybridized carbons (Fsp3) is 0.552. The summed E-state index contributed by atoms with van der Waals surface area (Å²) in [5, 5.41) is 14.0. The number of likely N-dealkylation sites (tertiary alicyclic amines) is 1. The Labute approximate surface area is 233 Å². The Morgan fingerprint density at radius 1 is 1.05 bits per heavy atom. The second kappa shape index (κ2) is 11.6. The van der Waals surface area contributed by atoms with Crippen molar-refractivity contribution in [1.29, 1.82) is 0 Å². The highest BCUT2D eigenvalue weighted by Crippen LogP contribution is 2.38. The van der Waals surface area contributed by atoms with Gasteiger partial charge in [0.25, 0.3) is 5.69 Å². The normalized spacial score (nSPS) is 19.5. The Morgan fingerprint density at radius 3 is 2.27 bits per heavy atom. The molecule has 11 heteroatoms. The highest BCUT2D eigenvalue weighted by atomic mass is 19.4. The van der Waals surface area contributed by atoms with E-state index < -0.39 is 22.4 Å². The van der Waals surface area contributed by atoms with Gasteiger partial charge in [-0.2, -0.15) is 13.2 Å². The molecule has 2 atom stereocenters. The summed E-state index contributed by atoms with van der Waals surface area (Å²) in [6, 6.07) is 11.4. The molecular formula is C29H38F3N5O3. The summed E-state index contributed by atoms with van der Waals surface area (Å²) in [7, 11) is 0. The molecule has 2 heterocycles. The SMILES string of the molecule is CC(CN1CCN(c2ccc(C(C)(C)C)cc2)CC1)C(=O)N1CC[C@H](Nc2ccc([N+](=O)[O-])c(C(F)(F)F)c2)C1. The molecule has 0 bridgehead atoms. The predicted octanol–water partition coefficient (Wildman–Crippen LogP) is 5.38. The number of hydrogen-bond acceptors (Lipinski definition) is 6. The maximum atomic E-state index is 13.3. The van der Waals surface area contributed by atoms with E-state index in [0.717, 1.165) is 38.3 Å². The summed E-state index contributed by atoms with van der Waals surface area (Å²) < 4.78 is 40.0. The smallest absolute Gasteiger partial charge is 0.380 e. The number of piperazine rings is 1. The zero-order valence-electron chi connectivity index (χ0n) is 23.5. The molecule has 40 heavy (non-hydrogen) atoms. The maximum absolute atomic E-state index is 13.3. The number of benzene rings is 2. The summed E-state index contributed by atoms with van der Waals surface area (Å²) in [6.07, 6.45) is -4.25. The van der Waals surface area contributed by atoms with Gasteiger partial charge in [-0.1, -0.05) is 39.8 Å². The van der Waals surface area contributed by atoms with Crippen LogP contribution in [0.1, 0.15) is 45.2 Å². The molecule has 2 fully saturated rings. The number of alkyl halides is 3. The van der Waals surface area contributed by atoms with E-state index in [1.54, 1.807) is 4.90 Å². The lowest BCUT2D eigenvalue weighted by atomic mass is 9.87. The lowest BCUT2D eigenvalue weighted by Crippen LogP contribution is -2.49. The van der Waals surface area contributed by atoms with Gasteiger partial charge < -0.3 is 15.1 Å². The largest absolute Gasteiger partial charge is 0.423 e. The van der Waals surface area contributed by atoms with Crippen LogP contribution in [0.4, 0.5) is 30.2 Å². The van der Waals surface area contributed by atoms with Gasteiger partial charge >= 0.3 is 6.18 Å². The topological polar surface area (TPSA) is 82.0 Å². The number of hydrogen-bond donors (Lipinski definition) is 1. The minimum atomic E-state index is -4.84. The van der Waals surface area contributed by atoms with Gasteiger partial charge in [-0.25, -0.2) is 0 Å². The van der Waals surface area contributed by atoms with E-state index in [0.29, 0.717) is 26.1 Å². The van der Waals surface area contributed by atoms with Crippen molar-refractivity contribution in [2.75, 3.05) is 56.0 Å². The molecule has 2 aromatic carbocycles. The molecule has 2 saturated heterocycles. The van der Waals surface area contributed by atoms with Crippen molar-refractivity contribution < 1.29 is 22.9 Å². The zero-order chi connectivity index (χ0) is 29.2. The van der Waals surface area contributed by atoms with Crippen LogP contribution in [0, 0.1) is 16.0 Å². The van der Waals surface area contributed by atoms with Crippen molar-refractivity contribution in [2.24, 2.45) is 5.92 Å². The summed E-state index contributed by atoms with van der Waals surface area (Å²) >= 11 is 0. The second-order valence-electron chi connectivity index (χ2n) is 11.9. The quantitative estimate of drug-likeness (QED) is 0.361. The number of nitrogens with zero attached hydrogens (tertiary/aromatic N) is 4. The molecule has 0 spiro atoms. The molecule has 1 amide bonds. The number of nitro benzene ring substituents is 1. The fourth-order valence-electron chi connectivity index (χ4n) is 5.46. The predicted molar refractivity (Wildman–Crippen MR) is 150 cm³/mol. The van der Waals surface area contributed by atoms with Gasteiger partial charge in [0.1, 0.15) is 5.56 Å². The van der Waals surface area contributed by atoms with E-state index in [-0.39, 0.29) is 29.0 Å². The average Bonchev–Trinajstić information content (AvgIpc) is 3.36. The Kier molecular flexibility index (Phi) is 8.63. The standard InChI is InChI=1S/C29H38F3N5O3/c1-20(18-34-13-15-35(16-14-34)24-8-5-21(6-9-24)28(2,3)4)27(38)36-12-11-23(19-36)33-22-7-10-26(37(39)40)25(17-22)29(30,31)32/h5-10,17,20,23,33H,11-16,18-19H2,1-4H3/t20?,23-/m0/s1. The number of carbonyl (C=O) groups is 1. The van der Waals surface area contributed by atoms with Crippen LogP contribution in [-0.2, 0) is 16.4 Å². The average molecular weight is 562 g/mol.